The van der Waals surface area contributed by atoms with Gasteiger partial charge in [0.15, 0.2) is 0 Å². The molecule has 2 rings (SSSR count). The number of aromatic nitrogens is 2. The molecule has 0 aromatic carbocycles. The van der Waals surface area contributed by atoms with Crippen LogP contribution in [0.4, 0.5) is 0 Å². The highest BCUT2D eigenvalue weighted by Crippen LogP contribution is 2.15. The van der Waals surface area contributed by atoms with Crippen LogP contribution in [0.3, 0.4) is 0 Å². The van der Waals surface area contributed by atoms with E-state index in [0.717, 1.165) is 11.1 Å². The van der Waals surface area contributed by atoms with E-state index in [1.165, 1.54) is 6.21 Å². The Bertz CT molecular complexity index is 461. The Hall–Kier alpha value is -1.91. The Morgan fingerprint density at radius 1 is 1.62 bits per heavy atom. The molecular formula is C8H7N3O2. The first kappa shape index (κ1) is 7.72. The minimum Gasteiger partial charge on any atom is -0.411 e. The van der Waals surface area contributed by atoms with Crippen LogP contribution in [0.15, 0.2) is 21.9 Å². The second-order valence-electron chi connectivity index (χ2n) is 2.63. The first-order valence-electron chi connectivity index (χ1n) is 3.71. The topological polar surface area (TPSA) is 71.5 Å². The largest absolute Gasteiger partial charge is 0.411 e. The third kappa shape index (κ3) is 1.24. The second-order valence-corrected chi connectivity index (χ2v) is 2.63. The fourth-order valence-electron chi connectivity index (χ4n) is 1.10. The van der Waals surface area contributed by atoms with Crippen molar-refractivity contribution >= 4 is 17.3 Å². The number of rotatable bonds is 1. The van der Waals surface area contributed by atoms with Crippen molar-refractivity contribution in [3.63, 3.8) is 0 Å². The average molecular weight is 177 g/mol. The van der Waals surface area contributed by atoms with E-state index < -0.39 is 0 Å². The van der Waals surface area contributed by atoms with Crippen LogP contribution in [0.1, 0.15) is 11.3 Å². The van der Waals surface area contributed by atoms with Crippen molar-refractivity contribution in [2.45, 2.75) is 6.92 Å². The van der Waals surface area contributed by atoms with Gasteiger partial charge in [0.1, 0.15) is 0 Å². The Kier molecular flexibility index (Phi) is 1.70. The van der Waals surface area contributed by atoms with Gasteiger partial charge >= 0.3 is 0 Å². The lowest BCUT2D eigenvalue weighted by molar-refractivity contribution is 0.322. The molecule has 0 fully saturated rings. The van der Waals surface area contributed by atoms with Crippen molar-refractivity contribution in [2.75, 3.05) is 0 Å². The minimum atomic E-state index is 0.493. The smallest absolute Gasteiger partial charge is 0.257 e. The Labute approximate surface area is 73.7 Å². The number of pyridine rings is 1. The molecular weight excluding hydrogens is 170 g/mol. The van der Waals surface area contributed by atoms with Crippen LogP contribution in [0, 0.1) is 6.92 Å². The molecule has 0 aliphatic carbocycles. The molecule has 2 aromatic heterocycles. The number of hydrogen-bond donors (Lipinski definition) is 1. The lowest BCUT2D eigenvalue weighted by atomic mass is 10.2. The summed E-state index contributed by atoms with van der Waals surface area (Å²) in [6.45, 7) is 1.83. The van der Waals surface area contributed by atoms with Gasteiger partial charge < -0.3 is 9.73 Å². The molecule has 0 bridgehead atoms. The lowest BCUT2D eigenvalue weighted by Crippen LogP contribution is -1.83. The maximum atomic E-state index is 8.31. The van der Waals surface area contributed by atoms with E-state index in [1.807, 2.05) is 6.92 Å². The first-order valence-corrected chi connectivity index (χ1v) is 3.71. The second kappa shape index (κ2) is 2.85. The van der Waals surface area contributed by atoms with Crippen molar-refractivity contribution in [3.05, 3.63) is 23.5 Å². The van der Waals surface area contributed by atoms with E-state index in [-0.39, 0.29) is 0 Å². The SMILES string of the molecule is Cc1noc2ncc(/C=N\O)cc12. The van der Waals surface area contributed by atoms with Gasteiger partial charge in [-0.2, -0.15) is 0 Å². The fourth-order valence-corrected chi connectivity index (χ4v) is 1.10. The molecule has 0 saturated carbocycles. The van der Waals surface area contributed by atoms with E-state index in [9.17, 15) is 0 Å². The molecule has 0 spiro atoms. The monoisotopic (exact) mass is 177 g/mol. The molecule has 0 saturated heterocycles. The molecule has 5 heteroatoms. The van der Waals surface area contributed by atoms with Gasteiger partial charge in [0.05, 0.1) is 17.3 Å². The Morgan fingerprint density at radius 3 is 3.23 bits per heavy atom. The summed E-state index contributed by atoms with van der Waals surface area (Å²) >= 11 is 0. The van der Waals surface area contributed by atoms with Gasteiger partial charge in [-0.05, 0) is 13.0 Å². The number of aryl methyl sites for hydroxylation is 1. The fraction of sp³-hybridized carbons (Fsp3) is 0.125. The molecule has 0 radical (unpaired) electrons. The van der Waals surface area contributed by atoms with Crippen molar-refractivity contribution in [3.8, 4) is 0 Å². The quantitative estimate of drug-likeness (QED) is 0.405. The molecule has 0 aliphatic heterocycles. The van der Waals surface area contributed by atoms with E-state index in [2.05, 4.69) is 15.3 Å². The van der Waals surface area contributed by atoms with Crippen LogP contribution in [0.2, 0.25) is 0 Å². The van der Waals surface area contributed by atoms with Crippen LogP contribution in [-0.4, -0.2) is 21.6 Å². The van der Waals surface area contributed by atoms with Crippen molar-refractivity contribution in [1.82, 2.24) is 10.1 Å². The van der Waals surface area contributed by atoms with Crippen LogP contribution in [0.5, 0.6) is 0 Å². The zero-order chi connectivity index (χ0) is 9.26. The summed E-state index contributed by atoms with van der Waals surface area (Å²) in [5.74, 6) is 0. The van der Waals surface area contributed by atoms with Crippen molar-refractivity contribution < 1.29 is 9.73 Å². The summed E-state index contributed by atoms with van der Waals surface area (Å²) in [5.41, 5.74) is 1.98. The van der Waals surface area contributed by atoms with Gasteiger partial charge in [-0.1, -0.05) is 10.3 Å². The van der Waals surface area contributed by atoms with Gasteiger partial charge in [-0.15, -0.1) is 0 Å². The molecule has 66 valence electrons. The van der Waals surface area contributed by atoms with Crippen molar-refractivity contribution in [2.24, 2.45) is 5.16 Å². The van der Waals surface area contributed by atoms with E-state index in [0.29, 0.717) is 11.3 Å². The third-order valence-electron chi connectivity index (χ3n) is 1.74. The molecule has 0 unspecified atom stereocenters. The van der Waals surface area contributed by atoms with E-state index >= 15 is 0 Å². The molecule has 0 aliphatic rings. The Morgan fingerprint density at radius 2 is 2.46 bits per heavy atom. The number of fused-ring (bicyclic) bond motifs is 1. The summed E-state index contributed by atoms with van der Waals surface area (Å²) < 4.78 is 4.91. The number of nitrogens with zero attached hydrogens (tertiary/aromatic N) is 3. The zero-order valence-electron chi connectivity index (χ0n) is 6.93. The molecule has 0 amide bonds. The maximum Gasteiger partial charge on any atom is 0.257 e. The highest BCUT2D eigenvalue weighted by atomic mass is 16.5. The number of oxime groups is 1. The number of hydrogen-bond acceptors (Lipinski definition) is 5. The van der Waals surface area contributed by atoms with Gasteiger partial charge in [0.2, 0.25) is 0 Å². The van der Waals surface area contributed by atoms with Crippen molar-refractivity contribution in [1.29, 1.82) is 0 Å². The molecule has 5 nitrogen and oxygen atoms in total. The summed E-state index contributed by atoms with van der Waals surface area (Å²) in [6, 6.07) is 1.80. The maximum absolute atomic E-state index is 8.31. The summed E-state index contributed by atoms with van der Waals surface area (Å²) in [4.78, 5) is 3.99. The zero-order valence-corrected chi connectivity index (χ0v) is 6.93. The molecule has 0 atom stereocenters. The lowest BCUT2D eigenvalue weighted by Gasteiger charge is -1.89. The summed E-state index contributed by atoms with van der Waals surface area (Å²) in [5, 5.41) is 15.8. The summed E-state index contributed by atoms with van der Waals surface area (Å²) in [7, 11) is 0. The van der Waals surface area contributed by atoms with Gasteiger partial charge in [-0.25, -0.2) is 4.98 Å². The van der Waals surface area contributed by atoms with Crippen LogP contribution in [0.25, 0.3) is 11.1 Å². The average Bonchev–Trinajstić information content (AvgIpc) is 2.49. The van der Waals surface area contributed by atoms with Crippen LogP contribution >= 0.6 is 0 Å². The van der Waals surface area contributed by atoms with Gasteiger partial charge in [0.25, 0.3) is 5.71 Å². The predicted molar refractivity (Wildman–Crippen MR) is 45.9 cm³/mol. The molecule has 1 N–H and O–H groups in total. The standard InChI is InChI=1S/C8H7N3O2/c1-5-7-2-6(4-10-12)3-9-8(7)13-11-5/h2-4,12H,1H3/b10-4-. The highest BCUT2D eigenvalue weighted by Gasteiger charge is 2.04. The van der Waals surface area contributed by atoms with E-state index in [1.54, 1.807) is 12.3 Å². The molecule has 2 heterocycles. The highest BCUT2D eigenvalue weighted by molar-refractivity contribution is 5.86. The first-order chi connectivity index (χ1) is 6.31. The van der Waals surface area contributed by atoms with Crippen LogP contribution in [-0.2, 0) is 0 Å². The van der Waals surface area contributed by atoms with Gasteiger partial charge in [0, 0.05) is 11.8 Å². The van der Waals surface area contributed by atoms with E-state index in [4.69, 9.17) is 9.73 Å². The Balaban J connectivity index is 2.65. The van der Waals surface area contributed by atoms with Gasteiger partial charge in [-0.3, -0.25) is 0 Å². The predicted octanol–water partition coefficient (Wildman–Crippen LogP) is 1.34. The minimum absolute atomic E-state index is 0.493. The third-order valence-corrected chi connectivity index (χ3v) is 1.74. The summed E-state index contributed by atoms with van der Waals surface area (Å²) in [6.07, 6.45) is 2.85. The molecule has 2 aromatic rings. The normalized spacial score (nSPS) is 11.5. The molecule has 13 heavy (non-hydrogen) atoms. The van der Waals surface area contributed by atoms with Crippen LogP contribution < -0.4 is 0 Å².